The van der Waals surface area contributed by atoms with Gasteiger partial charge < -0.3 is 19.1 Å². The molecule has 0 N–H and O–H groups in total. The Kier molecular flexibility index (Phi) is 4.76. The molecule has 1 saturated carbocycles. The summed E-state index contributed by atoms with van der Waals surface area (Å²) in [5.41, 5.74) is 0.954. The van der Waals surface area contributed by atoms with Crippen LogP contribution in [0.25, 0.3) is 10.8 Å². The molecule has 3 aliphatic heterocycles. The van der Waals surface area contributed by atoms with Gasteiger partial charge in [0.2, 0.25) is 5.72 Å². The molecule has 3 heterocycles. The van der Waals surface area contributed by atoms with Crippen LogP contribution in [-0.4, -0.2) is 56.1 Å². The zero-order chi connectivity index (χ0) is 20.0. The summed E-state index contributed by atoms with van der Waals surface area (Å²) in [7, 11) is 0. The van der Waals surface area contributed by atoms with Crippen LogP contribution in [0.4, 0.5) is 5.69 Å². The Balaban J connectivity index is 1.47. The van der Waals surface area contributed by atoms with Gasteiger partial charge in [0.15, 0.2) is 17.6 Å². The average molecular weight is 409 g/mol. The van der Waals surface area contributed by atoms with Crippen molar-refractivity contribution in [2.45, 2.75) is 56.8 Å². The second-order valence-corrected chi connectivity index (χ2v) is 9.21. The highest BCUT2D eigenvalue weighted by Crippen LogP contribution is 2.51. The van der Waals surface area contributed by atoms with Gasteiger partial charge in [0.25, 0.3) is 0 Å². The van der Waals surface area contributed by atoms with Crippen LogP contribution >= 0.6 is 0 Å². The van der Waals surface area contributed by atoms with E-state index in [4.69, 9.17) is 14.2 Å². The fraction of sp³-hybridized carbons (Fsp3) is 0.600. The first kappa shape index (κ1) is 18.8. The minimum atomic E-state index is -0.295. The first-order valence-electron chi connectivity index (χ1n) is 11.8. The molecule has 0 unspecified atom stereocenters. The standard InChI is InChI=1S/C25H32N2O3/c1-6-12-27(13-7-1)25-11-5-4-10-23(25)29-24-20-9-3-2-8-19(20)21(18-22(24)30-25)26-14-16-28-17-15-26/h2-3,8-9,18,23H,1,4-7,10-17H2/t23-,25-/m1/s1. The van der Waals surface area contributed by atoms with Crippen molar-refractivity contribution in [3.8, 4) is 11.5 Å². The van der Waals surface area contributed by atoms with Gasteiger partial charge in [-0.15, -0.1) is 0 Å². The van der Waals surface area contributed by atoms with Gasteiger partial charge in [-0.1, -0.05) is 30.7 Å². The van der Waals surface area contributed by atoms with Crippen molar-refractivity contribution >= 4 is 16.5 Å². The van der Waals surface area contributed by atoms with E-state index in [1.165, 1.54) is 48.6 Å². The van der Waals surface area contributed by atoms with E-state index in [9.17, 15) is 0 Å². The van der Waals surface area contributed by atoms with Crippen molar-refractivity contribution in [1.82, 2.24) is 4.90 Å². The third-order valence-electron chi connectivity index (χ3n) is 7.48. The van der Waals surface area contributed by atoms with Gasteiger partial charge >= 0.3 is 0 Å². The average Bonchev–Trinajstić information content (AvgIpc) is 2.83. The number of likely N-dealkylation sites (tertiary alicyclic amines) is 1. The molecule has 0 radical (unpaired) electrons. The van der Waals surface area contributed by atoms with Gasteiger partial charge in [0, 0.05) is 55.1 Å². The van der Waals surface area contributed by atoms with Crippen LogP contribution in [0, 0.1) is 0 Å². The topological polar surface area (TPSA) is 34.2 Å². The quantitative estimate of drug-likeness (QED) is 0.727. The van der Waals surface area contributed by atoms with E-state index in [0.717, 1.165) is 63.7 Å². The molecule has 1 aliphatic carbocycles. The summed E-state index contributed by atoms with van der Waals surface area (Å²) in [6.45, 7) is 5.65. The molecule has 5 heteroatoms. The maximum atomic E-state index is 7.05. The van der Waals surface area contributed by atoms with Crippen molar-refractivity contribution in [3.63, 3.8) is 0 Å². The summed E-state index contributed by atoms with van der Waals surface area (Å²) in [5, 5.41) is 2.43. The molecule has 2 saturated heterocycles. The van der Waals surface area contributed by atoms with Crippen LogP contribution in [0.1, 0.15) is 44.9 Å². The smallest absolute Gasteiger partial charge is 0.200 e. The first-order chi connectivity index (χ1) is 14.9. The van der Waals surface area contributed by atoms with Crippen molar-refractivity contribution in [1.29, 1.82) is 0 Å². The fourth-order valence-electron chi connectivity index (χ4n) is 5.96. The lowest BCUT2D eigenvalue weighted by Crippen LogP contribution is -2.66. The predicted molar refractivity (Wildman–Crippen MR) is 119 cm³/mol. The molecule has 30 heavy (non-hydrogen) atoms. The summed E-state index contributed by atoms with van der Waals surface area (Å²) in [6.07, 6.45) is 8.57. The second kappa shape index (κ2) is 7.61. The van der Waals surface area contributed by atoms with E-state index >= 15 is 0 Å². The molecular weight excluding hydrogens is 376 g/mol. The highest BCUT2D eigenvalue weighted by Gasteiger charge is 2.52. The Morgan fingerprint density at radius 3 is 2.50 bits per heavy atom. The van der Waals surface area contributed by atoms with Crippen LogP contribution in [0.2, 0.25) is 0 Å². The highest BCUT2D eigenvalue weighted by atomic mass is 16.6. The van der Waals surface area contributed by atoms with E-state index in [1.54, 1.807) is 0 Å². The third-order valence-corrected chi connectivity index (χ3v) is 7.48. The molecule has 4 aliphatic rings. The zero-order valence-electron chi connectivity index (χ0n) is 17.8. The maximum absolute atomic E-state index is 7.05. The SMILES string of the molecule is c1ccc2c3c(cc(N4CCOCC4)c2c1)O[C@]1(N2CCCCC2)CCCC[C@H]1O3. The Morgan fingerprint density at radius 2 is 1.67 bits per heavy atom. The van der Waals surface area contributed by atoms with E-state index in [1.807, 2.05) is 0 Å². The summed E-state index contributed by atoms with van der Waals surface area (Å²) in [5.74, 6) is 1.88. The fourth-order valence-corrected chi connectivity index (χ4v) is 5.96. The number of anilines is 1. The highest BCUT2D eigenvalue weighted by molar-refractivity contribution is 6.00. The monoisotopic (exact) mass is 408 g/mol. The summed E-state index contributed by atoms with van der Waals surface area (Å²) in [4.78, 5) is 5.04. The Bertz CT molecular complexity index is 920. The van der Waals surface area contributed by atoms with Crippen LogP contribution in [0.3, 0.4) is 0 Å². The molecule has 160 valence electrons. The number of benzene rings is 2. The predicted octanol–water partition coefficient (Wildman–Crippen LogP) is 4.57. The Morgan fingerprint density at radius 1 is 0.867 bits per heavy atom. The van der Waals surface area contributed by atoms with Gasteiger partial charge in [-0.05, 0) is 32.1 Å². The molecule has 0 spiro atoms. The molecule has 0 amide bonds. The molecule has 2 atom stereocenters. The van der Waals surface area contributed by atoms with Gasteiger partial charge in [-0.25, -0.2) is 0 Å². The van der Waals surface area contributed by atoms with Crippen LogP contribution < -0.4 is 14.4 Å². The number of nitrogens with zero attached hydrogens (tertiary/aromatic N) is 2. The summed E-state index contributed by atoms with van der Waals surface area (Å²) < 4.78 is 19.5. The molecule has 2 aromatic carbocycles. The van der Waals surface area contributed by atoms with E-state index < -0.39 is 0 Å². The lowest BCUT2D eigenvalue weighted by atomic mass is 9.85. The normalized spacial score (nSPS) is 29.6. The van der Waals surface area contributed by atoms with Crippen molar-refractivity contribution in [2.75, 3.05) is 44.3 Å². The minimum absolute atomic E-state index is 0.120. The van der Waals surface area contributed by atoms with Crippen LogP contribution in [0.15, 0.2) is 30.3 Å². The Hall–Kier alpha value is -1.98. The van der Waals surface area contributed by atoms with Gasteiger partial charge in [0.05, 0.1) is 13.2 Å². The lowest BCUT2D eigenvalue weighted by molar-refractivity contribution is -0.190. The van der Waals surface area contributed by atoms with Crippen molar-refractivity contribution < 1.29 is 14.2 Å². The largest absolute Gasteiger partial charge is 0.480 e. The van der Waals surface area contributed by atoms with E-state index in [-0.39, 0.29) is 11.8 Å². The van der Waals surface area contributed by atoms with Gasteiger partial charge in [0.1, 0.15) is 0 Å². The lowest BCUT2D eigenvalue weighted by Gasteiger charge is -2.53. The number of piperidine rings is 1. The number of fused-ring (bicyclic) bond motifs is 4. The van der Waals surface area contributed by atoms with Gasteiger partial charge in [-0.3, -0.25) is 4.90 Å². The maximum Gasteiger partial charge on any atom is 0.200 e. The van der Waals surface area contributed by atoms with Crippen molar-refractivity contribution in [2.24, 2.45) is 0 Å². The number of hydrogen-bond acceptors (Lipinski definition) is 5. The first-order valence-corrected chi connectivity index (χ1v) is 11.8. The summed E-state index contributed by atoms with van der Waals surface area (Å²) in [6, 6.07) is 10.9. The number of morpholine rings is 1. The molecule has 2 aromatic rings. The second-order valence-electron chi connectivity index (χ2n) is 9.21. The third kappa shape index (κ3) is 2.97. The van der Waals surface area contributed by atoms with E-state index in [2.05, 4.69) is 40.1 Å². The molecule has 5 nitrogen and oxygen atoms in total. The number of ether oxygens (including phenoxy) is 3. The molecule has 0 aromatic heterocycles. The molecule has 0 bridgehead atoms. The van der Waals surface area contributed by atoms with E-state index in [0.29, 0.717) is 0 Å². The summed E-state index contributed by atoms with van der Waals surface area (Å²) >= 11 is 0. The van der Waals surface area contributed by atoms with Crippen LogP contribution in [0.5, 0.6) is 11.5 Å². The number of rotatable bonds is 2. The van der Waals surface area contributed by atoms with Crippen molar-refractivity contribution in [3.05, 3.63) is 30.3 Å². The minimum Gasteiger partial charge on any atom is -0.480 e. The molecule has 6 rings (SSSR count). The van der Waals surface area contributed by atoms with Gasteiger partial charge in [-0.2, -0.15) is 0 Å². The Labute approximate surface area is 178 Å². The number of hydrogen-bond donors (Lipinski definition) is 0. The molecular formula is C25H32N2O3. The zero-order valence-corrected chi connectivity index (χ0v) is 17.8. The molecule has 3 fully saturated rings. The van der Waals surface area contributed by atoms with Crippen LogP contribution in [-0.2, 0) is 4.74 Å².